The lowest BCUT2D eigenvalue weighted by molar-refractivity contribution is -0.138. The molecule has 0 atom stereocenters. The van der Waals surface area contributed by atoms with Crippen molar-refractivity contribution in [1.82, 2.24) is 14.5 Å². The van der Waals surface area contributed by atoms with Crippen molar-refractivity contribution in [2.75, 3.05) is 11.9 Å². The van der Waals surface area contributed by atoms with E-state index in [1.165, 1.54) is 12.2 Å². The van der Waals surface area contributed by atoms with Gasteiger partial charge in [-0.3, -0.25) is 19.2 Å². The highest BCUT2D eigenvalue weighted by Crippen LogP contribution is 2.25. The van der Waals surface area contributed by atoms with Crippen LogP contribution >= 0.6 is 0 Å². The lowest BCUT2D eigenvalue weighted by atomic mass is 10.1. The molecule has 0 spiro atoms. The largest absolute Gasteiger partial charge is 0.494 e. The first-order valence-electron chi connectivity index (χ1n) is 16.1. The van der Waals surface area contributed by atoms with Gasteiger partial charge in [0, 0.05) is 63.1 Å². The molecule has 13 heteroatoms. The molecule has 5 aromatic rings. The van der Waals surface area contributed by atoms with E-state index in [1.54, 1.807) is 64.0 Å². The van der Waals surface area contributed by atoms with Crippen LogP contribution in [0.25, 0.3) is 34.0 Å². The van der Waals surface area contributed by atoms with E-state index in [-0.39, 0.29) is 30.3 Å². The molecule has 52 heavy (non-hydrogen) atoms. The van der Waals surface area contributed by atoms with Crippen LogP contribution in [0.4, 0.5) is 5.69 Å². The highest BCUT2D eigenvalue weighted by Gasteiger charge is 2.15. The Kier molecular flexibility index (Phi) is 12.7. The zero-order valence-corrected chi connectivity index (χ0v) is 28.7. The van der Waals surface area contributed by atoms with E-state index >= 15 is 0 Å². The highest BCUT2D eigenvalue weighted by atomic mass is 16.5. The van der Waals surface area contributed by atoms with Gasteiger partial charge in [-0.15, -0.1) is 0 Å². The summed E-state index contributed by atoms with van der Waals surface area (Å²) in [6.07, 6.45) is 6.21. The topological polar surface area (TPSA) is 199 Å². The smallest absolute Gasteiger partial charge is 0.323 e. The maximum atomic E-state index is 12.6. The number of benzene rings is 3. The Balaban J connectivity index is 0.000000239. The van der Waals surface area contributed by atoms with Crippen LogP contribution in [0.1, 0.15) is 31.9 Å². The summed E-state index contributed by atoms with van der Waals surface area (Å²) in [6.45, 7) is 5.59. The molecule has 2 amide bonds. The SMILES string of the molecule is CC(C)NC(=O)/C(C#N)=C/c1cn(CC(=O)O)c2ccccc12.CCOc1cccc(NC(=O)/C(C#N)=C/c2cn(CC(=O)O)c3ccccc23)c1. The van der Waals surface area contributed by atoms with Crippen molar-refractivity contribution in [2.45, 2.75) is 39.9 Å². The zero-order chi connectivity index (χ0) is 37.8. The molecule has 13 nitrogen and oxygen atoms in total. The molecular weight excluding hydrogens is 664 g/mol. The highest BCUT2D eigenvalue weighted by molar-refractivity contribution is 6.11. The van der Waals surface area contributed by atoms with Crippen LogP contribution in [0.3, 0.4) is 0 Å². The Morgan fingerprint density at radius 2 is 1.27 bits per heavy atom. The molecule has 2 aromatic heterocycles. The normalized spacial score (nSPS) is 11.3. The fourth-order valence-corrected chi connectivity index (χ4v) is 5.31. The average molecular weight is 701 g/mol. The van der Waals surface area contributed by atoms with Crippen LogP contribution < -0.4 is 15.4 Å². The minimum absolute atomic E-state index is 0.0167. The molecule has 4 N–H and O–H groups in total. The number of anilines is 1. The van der Waals surface area contributed by atoms with E-state index in [0.29, 0.717) is 34.7 Å². The van der Waals surface area contributed by atoms with Gasteiger partial charge in [-0.2, -0.15) is 10.5 Å². The second kappa shape index (κ2) is 17.5. The Hall–Kier alpha value is -7.12. The van der Waals surface area contributed by atoms with Gasteiger partial charge < -0.3 is 34.7 Å². The van der Waals surface area contributed by atoms with Gasteiger partial charge in [0.1, 0.15) is 42.1 Å². The van der Waals surface area contributed by atoms with Crippen molar-refractivity contribution in [2.24, 2.45) is 0 Å². The summed E-state index contributed by atoms with van der Waals surface area (Å²) in [4.78, 5) is 46.7. The molecular formula is C39H36N6O7. The average Bonchev–Trinajstić information content (AvgIpc) is 3.62. The molecule has 0 aliphatic carbocycles. The quantitative estimate of drug-likeness (QED) is 0.0913. The minimum Gasteiger partial charge on any atom is -0.494 e. The number of amides is 2. The number of hydrogen-bond donors (Lipinski definition) is 4. The first-order valence-corrected chi connectivity index (χ1v) is 16.1. The van der Waals surface area contributed by atoms with E-state index in [2.05, 4.69) is 10.6 Å². The van der Waals surface area contributed by atoms with E-state index in [9.17, 15) is 29.7 Å². The predicted octanol–water partition coefficient (Wildman–Crippen LogP) is 5.83. The van der Waals surface area contributed by atoms with Gasteiger partial charge in [0.05, 0.1) is 6.61 Å². The van der Waals surface area contributed by atoms with Gasteiger partial charge in [-0.1, -0.05) is 42.5 Å². The number of para-hydroxylation sites is 2. The van der Waals surface area contributed by atoms with Crippen molar-refractivity contribution in [3.8, 4) is 17.9 Å². The summed E-state index contributed by atoms with van der Waals surface area (Å²) in [6, 6.07) is 25.1. The van der Waals surface area contributed by atoms with Gasteiger partial charge in [0.25, 0.3) is 11.8 Å². The maximum absolute atomic E-state index is 12.6. The summed E-state index contributed by atoms with van der Waals surface area (Å²) in [5, 5.41) is 43.7. The number of fused-ring (bicyclic) bond motifs is 2. The Labute approximate surface area is 299 Å². The summed E-state index contributed by atoms with van der Waals surface area (Å²) in [7, 11) is 0. The molecule has 0 unspecified atom stereocenters. The summed E-state index contributed by atoms with van der Waals surface area (Å²) in [5.41, 5.74) is 3.08. The van der Waals surface area contributed by atoms with Crippen LogP contribution in [0.2, 0.25) is 0 Å². The molecule has 5 rings (SSSR count). The number of hydrogen-bond acceptors (Lipinski definition) is 7. The number of carboxylic acid groups (broad SMARTS) is 2. The van der Waals surface area contributed by atoms with Gasteiger partial charge >= 0.3 is 11.9 Å². The third kappa shape index (κ3) is 9.74. The first-order chi connectivity index (χ1) is 24.9. The fourth-order valence-electron chi connectivity index (χ4n) is 5.31. The van der Waals surface area contributed by atoms with Crippen LogP contribution in [0.15, 0.2) is 96.3 Å². The fraction of sp³-hybridized carbons (Fsp3) is 0.179. The first kappa shape index (κ1) is 37.7. The lowest BCUT2D eigenvalue weighted by Gasteiger charge is -2.07. The number of carbonyl (C=O) groups excluding carboxylic acids is 2. The molecule has 264 valence electrons. The second-order valence-electron chi connectivity index (χ2n) is 11.6. The number of aliphatic carboxylic acids is 2. The van der Waals surface area contributed by atoms with Crippen LogP contribution in [0, 0.1) is 22.7 Å². The number of nitrogens with one attached hydrogen (secondary N) is 2. The molecule has 0 saturated carbocycles. The Morgan fingerprint density at radius 1 is 0.769 bits per heavy atom. The standard InChI is InChI=1S/C22H19N3O4.C17H17N3O3/c1-2-29-18-7-5-6-17(11-18)24-22(28)15(12-23)10-16-13-25(14-21(26)27)20-9-4-3-8-19(16)20;1-11(2)19-17(23)12(8-18)7-13-9-20(10-16(21)22)15-6-4-3-5-14(13)15/h3-11,13H,2,14H2,1H3,(H,24,28)(H,26,27);3-7,9,11H,10H2,1-2H3,(H,19,23)(H,21,22)/b15-10+;12-7+. The van der Waals surface area contributed by atoms with Crippen molar-refractivity contribution < 1.29 is 34.1 Å². The summed E-state index contributed by atoms with van der Waals surface area (Å²) >= 11 is 0. The number of carbonyl (C=O) groups is 4. The van der Waals surface area contributed by atoms with Gasteiger partial charge in [0.2, 0.25) is 0 Å². The van der Waals surface area contributed by atoms with Gasteiger partial charge in [0.15, 0.2) is 0 Å². The molecule has 3 aromatic carbocycles. The van der Waals surface area contributed by atoms with E-state index in [1.807, 2.05) is 63.2 Å². The molecule has 0 radical (unpaired) electrons. The number of nitrogens with zero attached hydrogens (tertiary/aromatic N) is 4. The molecule has 0 fully saturated rings. The number of carboxylic acids is 2. The van der Waals surface area contributed by atoms with Crippen molar-refractivity contribution >= 4 is 63.4 Å². The maximum Gasteiger partial charge on any atom is 0.323 e. The van der Waals surface area contributed by atoms with Crippen LogP contribution in [-0.2, 0) is 32.3 Å². The van der Waals surface area contributed by atoms with Crippen molar-refractivity contribution in [1.29, 1.82) is 10.5 Å². The summed E-state index contributed by atoms with van der Waals surface area (Å²) < 4.78 is 8.57. The van der Waals surface area contributed by atoms with E-state index < -0.39 is 23.8 Å². The molecule has 0 aliphatic heterocycles. The zero-order valence-electron chi connectivity index (χ0n) is 28.7. The molecule has 0 bridgehead atoms. The van der Waals surface area contributed by atoms with Gasteiger partial charge in [-0.25, -0.2) is 0 Å². The Bertz CT molecular complexity index is 2280. The number of rotatable bonds is 12. The number of nitriles is 2. The third-order valence-corrected chi connectivity index (χ3v) is 7.40. The minimum atomic E-state index is -0.978. The van der Waals surface area contributed by atoms with Crippen LogP contribution in [0.5, 0.6) is 5.75 Å². The molecule has 0 aliphatic rings. The molecule has 0 saturated heterocycles. The second-order valence-corrected chi connectivity index (χ2v) is 11.6. The van der Waals surface area contributed by atoms with Crippen molar-refractivity contribution in [3.63, 3.8) is 0 Å². The van der Waals surface area contributed by atoms with Crippen molar-refractivity contribution in [3.05, 3.63) is 107 Å². The van der Waals surface area contributed by atoms with E-state index in [4.69, 9.17) is 14.9 Å². The van der Waals surface area contributed by atoms with Gasteiger partial charge in [-0.05, 0) is 57.2 Å². The molecule has 2 heterocycles. The predicted molar refractivity (Wildman–Crippen MR) is 196 cm³/mol. The Morgan fingerprint density at radius 3 is 1.73 bits per heavy atom. The number of aromatic nitrogens is 2. The summed E-state index contributed by atoms with van der Waals surface area (Å²) in [5.74, 6) is -2.33. The number of ether oxygens (including phenoxy) is 1. The lowest BCUT2D eigenvalue weighted by Crippen LogP contribution is -2.30. The van der Waals surface area contributed by atoms with Crippen LogP contribution in [-0.4, -0.2) is 55.7 Å². The van der Waals surface area contributed by atoms with E-state index in [0.717, 1.165) is 16.3 Å². The third-order valence-electron chi connectivity index (χ3n) is 7.40. The monoisotopic (exact) mass is 700 g/mol.